The van der Waals surface area contributed by atoms with E-state index in [1.54, 1.807) is 0 Å². The molecule has 0 bridgehead atoms. The summed E-state index contributed by atoms with van der Waals surface area (Å²) in [6.07, 6.45) is 4.46. The SMILES string of the molecule is CN1CCN(CCCCNCCNCCOCCCN2CCN(CCC[O-])CC2)CC1. The lowest BCUT2D eigenvalue weighted by atomic mass is 10.2. The van der Waals surface area contributed by atoms with E-state index >= 15 is 0 Å². The van der Waals surface area contributed by atoms with Crippen molar-refractivity contribution in [2.24, 2.45) is 0 Å². The van der Waals surface area contributed by atoms with Gasteiger partial charge in [-0.2, -0.15) is 0 Å². The summed E-state index contributed by atoms with van der Waals surface area (Å²) < 4.78 is 5.76. The van der Waals surface area contributed by atoms with Crippen LogP contribution in [0.5, 0.6) is 0 Å². The van der Waals surface area contributed by atoms with Crippen molar-refractivity contribution < 1.29 is 9.84 Å². The molecule has 2 aliphatic rings. The minimum absolute atomic E-state index is 0.0559. The summed E-state index contributed by atoms with van der Waals surface area (Å²) in [5, 5.41) is 17.6. The second-order valence-electron chi connectivity index (χ2n) is 9.06. The molecule has 0 amide bonds. The van der Waals surface area contributed by atoms with Gasteiger partial charge in [0.05, 0.1) is 6.61 Å². The van der Waals surface area contributed by atoms with E-state index in [0.29, 0.717) is 0 Å². The molecule has 0 aromatic carbocycles. The maximum Gasteiger partial charge on any atom is 0.0590 e. The number of rotatable bonds is 18. The van der Waals surface area contributed by atoms with Gasteiger partial charge in [-0.1, -0.05) is 6.42 Å². The molecule has 8 nitrogen and oxygen atoms in total. The Morgan fingerprint density at radius 3 is 1.81 bits per heavy atom. The monoisotopic (exact) mass is 441 g/mol. The molecule has 8 heteroatoms. The highest BCUT2D eigenvalue weighted by Crippen LogP contribution is 2.03. The van der Waals surface area contributed by atoms with Crippen LogP contribution in [0.3, 0.4) is 0 Å². The lowest BCUT2D eigenvalue weighted by molar-refractivity contribution is -0.368. The standard InChI is InChI=1S/C23H49N6O2/c1-26-13-15-27(16-14-26)10-3-2-6-24-7-8-25-9-23-31-22-5-12-29-19-17-28(18-20-29)11-4-21-30/h24-25H,2-23H2,1H3/q-1. The van der Waals surface area contributed by atoms with Crippen molar-refractivity contribution in [3.05, 3.63) is 0 Å². The van der Waals surface area contributed by atoms with Crippen molar-refractivity contribution in [3.8, 4) is 0 Å². The number of hydrogen-bond acceptors (Lipinski definition) is 8. The molecule has 184 valence electrons. The Morgan fingerprint density at radius 2 is 1.16 bits per heavy atom. The summed E-state index contributed by atoms with van der Waals surface area (Å²) in [7, 11) is 2.21. The molecular weight excluding hydrogens is 392 g/mol. The molecule has 0 atom stereocenters. The molecule has 0 aromatic heterocycles. The summed E-state index contributed by atoms with van der Waals surface area (Å²) >= 11 is 0. The Kier molecular flexibility index (Phi) is 15.8. The van der Waals surface area contributed by atoms with Crippen LogP contribution in [0.1, 0.15) is 25.7 Å². The van der Waals surface area contributed by atoms with Crippen LogP contribution in [0.15, 0.2) is 0 Å². The minimum atomic E-state index is 0.0559. The normalized spacial score (nSPS) is 19.9. The molecule has 2 N–H and O–H groups in total. The fourth-order valence-corrected chi connectivity index (χ4v) is 4.24. The number of nitrogens with zero attached hydrogens (tertiary/aromatic N) is 4. The van der Waals surface area contributed by atoms with Gasteiger partial charge < -0.3 is 40.1 Å². The van der Waals surface area contributed by atoms with E-state index in [2.05, 4.69) is 37.3 Å². The third kappa shape index (κ3) is 13.7. The largest absolute Gasteiger partial charge is 0.854 e. The fraction of sp³-hybridized carbons (Fsp3) is 1.00. The van der Waals surface area contributed by atoms with Gasteiger partial charge in [0.25, 0.3) is 0 Å². The minimum Gasteiger partial charge on any atom is -0.854 e. The van der Waals surface area contributed by atoms with Crippen molar-refractivity contribution in [1.82, 2.24) is 30.2 Å². The van der Waals surface area contributed by atoms with Gasteiger partial charge >= 0.3 is 0 Å². The zero-order chi connectivity index (χ0) is 22.0. The topological polar surface area (TPSA) is 69.3 Å². The maximum atomic E-state index is 10.6. The molecule has 0 spiro atoms. The van der Waals surface area contributed by atoms with Crippen molar-refractivity contribution in [3.63, 3.8) is 0 Å². The summed E-state index contributed by atoms with van der Waals surface area (Å²) in [6.45, 7) is 18.5. The molecule has 0 unspecified atom stereocenters. The van der Waals surface area contributed by atoms with Crippen molar-refractivity contribution in [2.75, 3.05) is 125 Å². The van der Waals surface area contributed by atoms with Crippen LogP contribution in [-0.4, -0.2) is 145 Å². The third-order valence-corrected chi connectivity index (χ3v) is 6.42. The molecule has 2 aliphatic heterocycles. The van der Waals surface area contributed by atoms with Gasteiger partial charge in [-0.3, -0.25) is 0 Å². The smallest absolute Gasteiger partial charge is 0.0590 e. The quantitative estimate of drug-likeness (QED) is 0.262. The Morgan fingerprint density at radius 1 is 0.613 bits per heavy atom. The first-order chi connectivity index (χ1) is 15.3. The van der Waals surface area contributed by atoms with Crippen LogP contribution in [0, 0.1) is 0 Å². The number of hydrogen-bond donors (Lipinski definition) is 2. The van der Waals surface area contributed by atoms with Crippen LogP contribution in [0.25, 0.3) is 0 Å². The van der Waals surface area contributed by atoms with E-state index < -0.39 is 0 Å². The molecule has 2 heterocycles. The Labute approximate surface area is 191 Å². The van der Waals surface area contributed by atoms with E-state index in [4.69, 9.17) is 4.74 Å². The van der Waals surface area contributed by atoms with Gasteiger partial charge in [0.1, 0.15) is 0 Å². The maximum absolute atomic E-state index is 10.6. The highest BCUT2D eigenvalue weighted by atomic mass is 16.5. The number of ether oxygens (including phenoxy) is 1. The zero-order valence-electron chi connectivity index (χ0n) is 20.2. The van der Waals surface area contributed by atoms with Gasteiger partial charge in [0.15, 0.2) is 0 Å². The lowest BCUT2D eigenvalue weighted by Crippen LogP contribution is -2.47. The van der Waals surface area contributed by atoms with Crippen LogP contribution in [0.4, 0.5) is 0 Å². The number of unbranched alkanes of at least 4 members (excludes halogenated alkanes) is 1. The van der Waals surface area contributed by atoms with Crippen molar-refractivity contribution in [1.29, 1.82) is 0 Å². The summed E-state index contributed by atoms with van der Waals surface area (Å²) in [4.78, 5) is 9.95. The first-order valence-corrected chi connectivity index (χ1v) is 12.7. The fourth-order valence-electron chi connectivity index (χ4n) is 4.24. The van der Waals surface area contributed by atoms with Crippen LogP contribution >= 0.6 is 0 Å². The second-order valence-corrected chi connectivity index (χ2v) is 9.06. The first-order valence-electron chi connectivity index (χ1n) is 12.7. The average Bonchev–Trinajstić information content (AvgIpc) is 2.80. The highest BCUT2D eigenvalue weighted by molar-refractivity contribution is 4.72. The van der Waals surface area contributed by atoms with Crippen molar-refractivity contribution >= 4 is 0 Å². The van der Waals surface area contributed by atoms with Gasteiger partial charge in [-0.15, -0.1) is 6.61 Å². The lowest BCUT2D eigenvalue weighted by Gasteiger charge is -2.34. The molecule has 2 fully saturated rings. The molecule has 31 heavy (non-hydrogen) atoms. The molecule has 2 saturated heterocycles. The first kappa shape index (κ1) is 26.9. The highest BCUT2D eigenvalue weighted by Gasteiger charge is 2.15. The Balaban J connectivity index is 1.25. The molecule has 0 aromatic rings. The van der Waals surface area contributed by atoms with E-state index in [9.17, 15) is 5.11 Å². The van der Waals surface area contributed by atoms with Gasteiger partial charge in [-0.25, -0.2) is 0 Å². The predicted molar refractivity (Wildman–Crippen MR) is 127 cm³/mol. The van der Waals surface area contributed by atoms with Crippen LogP contribution < -0.4 is 15.7 Å². The molecule has 0 saturated carbocycles. The van der Waals surface area contributed by atoms with Gasteiger partial charge in [0, 0.05) is 85.1 Å². The molecule has 2 rings (SSSR count). The predicted octanol–water partition coefficient (Wildman–Crippen LogP) is -1.03. The third-order valence-electron chi connectivity index (χ3n) is 6.42. The Bertz CT molecular complexity index is 402. The zero-order valence-corrected chi connectivity index (χ0v) is 20.2. The summed E-state index contributed by atoms with van der Waals surface area (Å²) in [5.41, 5.74) is 0. The summed E-state index contributed by atoms with van der Waals surface area (Å²) in [5.74, 6) is 0. The summed E-state index contributed by atoms with van der Waals surface area (Å²) in [6, 6.07) is 0. The molecule has 0 aliphatic carbocycles. The second kappa shape index (κ2) is 18.1. The van der Waals surface area contributed by atoms with Crippen LogP contribution in [-0.2, 0) is 4.74 Å². The number of nitrogens with one attached hydrogen (secondary N) is 2. The Hall–Kier alpha value is -0.320. The van der Waals surface area contributed by atoms with E-state index in [-0.39, 0.29) is 6.61 Å². The van der Waals surface area contributed by atoms with Crippen LogP contribution in [0.2, 0.25) is 0 Å². The van der Waals surface area contributed by atoms with Crippen molar-refractivity contribution in [2.45, 2.75) is 25.7 Å². The van der Waals surface area contributed by atoms with E-state index in [1.165, 1.54) is 45.6 Å². The molecular formula is C23H49N6O2-. The number of piperazine rings is 2. The van der Waals surface area contributed by atoms with Gasteiger partial charge in [0.2, 0.25) is 0 Å². The van der Waals surface area contributed by atoms with E-state index in [1.807, 2.05) is 0 Å². The molecule has 0 radical (unpaired) electrons. The average molecular weight is 442 g/mol. The van der Waals surface area contributed by atoms with E-state index in [0.717, 1.165) is 91.5 Å². The van der Waals surface area contributed by atoms with Gasteiger partial charge in [-0.05, 0) is 45.9 Å². The number of likely N-dealkylation sites (N-methyl/N-ethyl adjacent to an activating group) is 1.